The first-order chi connectivity index (χ1) is 10.7. The summed E-state index contributed by atoms with van der Waals surface area (Å²) in [6.45, 7) is 2.64. The highest BCUT2D eigenvalue weighted by molar-refractivity contribution is 7.90. The summed E-state index contributed by atoms with van der Waals surface area (Å²) in [6.07, 6.45) is 3.60. The third kappa shape index (κ3) is 4.94. The van der Waals surface area contributed by atoms with E-state index in [2.05, 4.69) is 5.32 Å². The molecule has 7 heteroatoms. The number of nitrogens with two attached hydrogens (primary N) is 1. The predicted octanol–water partition coefficient (Wildman–Crippen LogP) is 1.10. The molecule has 2 rings (SSSR count). The Bertz CT molecular complexity index is 653. The van der Waals surface area contributed by atoms with Gasteiger partial charge in [0, 0.05) is 12.8 Å². The van der Waals surface area contributed by atoms with E-state index >= 15 is 0 Å². The van der Waals surface area contributed by atoms with Gasteiger partial charge in [0.25, 0.3) is 0 Å². The van der Waals surface area contributed by atoms with Gasteiger partial charge in [0.15, 0.2) is 9.84 Å². The Morgan fingerprint density at radius 2 is 1.96 bits per heavy atom. The van der Waals surface area contributed by atoms with Crippen molar-refractivity contribution in [3.05, 3.63) is 24.3 Å². The van der Waals surface area contributed by atoms with E-state index in [-0.39, 0.29) is 29.4 Å². The van der Waals surface area contributed by atoms with Crippen molar-refractivity contribution in [1.29, 1.82) is 0 Å². The van der Waals surface area contributed by atoms with Crippen LogP contribution in [-0.2, 0) is 14.6 Å². The highest BCUT2D eigenvalue weighted by Gasteiger charge is 2.41. The molecule has 1 aliphatic carbocycles. The average Bonchev–Trinajstić information content (AvgIpc) is 3.31. The van der Waals surface area contributed by atoms with Gasteiger partial charge >= 0.3 is 0 Å². The second-order valence-electron chi connectivity index (χ2n) is 6.29. The SMILES string of the molecule is CC(CN)(NC(=O)CCOc1ccc(S(C)(=O)=O)cc1)C1CC1. The second kappa shape index (κ2) is 6.88. The first kappa shape index (κ1) is 17.7. The number of rotatable bonds is 8. The van der Waals surface area contributed by atoms with Crippen LogP contribution in [0.1, 0.15) is 26.2 Å². The monoisotopic (exact) mass is 340 g/mol. The third-order valence-corrected chi connectivity index (χ3v) is 5.31. The molecule has 0 spiro atoms. The number of hydrogen-bond acceptors (Lipinski definition) is 5. The molecule has 1 aliphatic rings. The predicted molar refractivity (Wildman–Crippen MR) is 88.0 cm³/mol. The van der Waals surface area contributed by atoms with Crippen LogP contribution >= 0.6 is 0 Å². The summed E-state index contributed by atoms with van der Waals surface area (Å²) in [6, 6.07) is 6.15. The number of sulfone groups is 1. The molecule has 0 radical (unpaired) electrons. The quantitative estimate of drug-likeness (QED) is 0.738. The van der Waals surface area contributed by atoms with E-state index < -0.39 is 9.84 Å². The number of amides is 1. The summed E-state index contributed by atoms with van der Waals surface area (Å²) in [5.74, 6) is 0.924. The van der Waals surface area contributed by atoms with Crippen molar-refractivity contribution in [3.63, 3.8) is 0 Å². The summed E-state index contributed by atoms with van der Waals surface area (Å²) in [5, 5.41) is 3.00. The van der Waals surface area contributed by atoms with E-state index in [0.29, 0.717) is 18.2 Å². The van der Waals surface area contributed by atoms with E-state index in [1.54, 1.807) is 12.1 Å². The maximum atomic E-state index is 12.0. The van der Waals surface area contributed by atoms with E-state index in [1.807, 2.05) is 6.92 Å². The number of hydrogen-bond donors (Lipinski definition) is 2. The fourth-order valence-corrected chi connectivity index (χ4v) is 3.10. The summed E-state index contributed by atoms with van der Waals surface area (Å²) in [5.41, 5.74) is 5.44. The minimum absolute atomic E-state index is 0.0855. The lowest BCUT2D eigenvalue weighted by atomic mass is 9.96. The highest BCUT2D eigenvalue weighted by Crippen LogP contribution is 2.38. The number of ether oxygens (including phenoxy) is 1. The van der Waals surface area contributed by atoms with Gasteiger partial charge in [0.1, 0.15) is 5.75 Å². The van der Waals surface area contributed by atoms with E-state index in [9.17, 15) is 13.2 Å². The molecular weight excluding hydrogens is 316 g/mol. The van der Waals surface area contributed by atoms with Crippen LogP contribution in [0.3, 0.4) is 0 Å². The molecule has 0 aliphatic heterocycles. The fourth-order valence-electron chi connectivity index (χ4n) is 2.47. The summed E-state index contributed by atoms with van der Waals surface area (Å²) in [4.78, 5) is 12.2. The minimum Gasteiger partial charge on any atom is -0.493 e. The second-order valence-corrected chi connectivity index (χ2v) is 8.30. The zero-order valence-corrected chi connectivity index (χ0v) is 14.4. The maximum Gasteiger partial charge on any atom is 0.223 e. The van der Waals surface area contributed by atoms with Crippen LogP contribution in [0.4, 0.5) is 0 Å². The van der Waals surface area contributed by atoms with E-state index in [0.717, 1.165) is 19.1 Å². The van der Waals surface area contributed by atoms with Gasteiger partial charge in [-0.2, -0.15) is 0 Å². The van der Waals surface area contributed by atoms with Gasteiger partial charge in [-0.25, -0.2) is 8.42 Å². The first-order valence-corrected chi connectivity index (χ1v) is 9.58. The molecule has 1 aromatic carbocycles. The molecule has 0 aromatic heterocycles. The molecule has 0 heterocycles. The van der Waals surface area contributed by atoms with Crippen molar-refractivity contribution in [1.82, 2.24) is 5.32 Å². The fraction of sp³-hybridized carbons (Fsp3) is 0.562. The van der Waals surface area contributed by atoms with Crippen LogP contribution in [-0.4, -0.2) is 39.3 Å². The Morgan fingerprint density at radius 1 is 1.35 bits per heavy atom. The lowest BCUT2D eigenvalue weighted by molar-refractivity contribution is -0.123. The molecule has 23 heavy (non-hydrogen) atoms. The van der Waals surface area contributed by atoms with Crippen LogP contribution in [0.2, 0.25) is 0 Å². The largest absolute Gasteiger partial charge is 0.493 e. The van der Waals surface area contributed by atoms with Crippen LogP contribution < -0.4 is 15.8 Å². The molecule has 128 valence electrons. The van der Waals surface area contributed by atoms with Gasteiger partial charge in [-0.15, -0.1) is 0 Å². The Labute approximate surface area is 137 Å². The van der Waals surface area contributed by atoms with Gasteiger partial charge in [0.05, 0.1) is 23.5 Å². The Hall–Kier alpha value is -1.60. The first-order valence-electron chi connectivity index (χ1n) is 7.68. The van der Waals surface area contributed by atoms with Crippen molar-refractivity contribution in [3.8, 4) is 5.75 Å². The van der Waals surface area contributed by atoms with Crippen molar-refractivity contribution in [2.45, 2.75) is 36.6 Å². The molecule has 1 unspecified atom stereocenters. The zero-order chi connectivity index (χ0) is 17.1. The van der Waals surface area contributed by atoms with Gasteiger partial charge in [-0.1, -0.05) is 0 Å². The average molecular weight is 340 g/mol. The molecule has 1 aromatic rings. The smallest absolute Gasteiger partial charge is 0.223 e. The molecule has 3 N–H and O–H groups in total. The summed E-state index contributed by atoms with van der Waals surface area (Å²) >= 11 is 0. The molecule has 0 saturated heterocycles. The Morgan fingerprint density at radius 3 is 2.43 bits per heavy atom. The topological polar surface area (TPSA) is 98.5 Å². The van der Waals surface area contributed by atoms with Crippen molar-refractivity contribution >= 4 is 15.7 Å². The normalized spacial score (nSPS) is 17.3. The summed E-state index contributed by atoms with van der Waals surface area (Å²) in [7, 11) is -3.21. The molecule has 1 fully saturated rings. The van der Waals surface area contributed by atoms with Gasteiger partial charge < -0.3 is 15.8 Å². The number of benzene rings is 1. The minimum atomic E-state index is -3.21. The Kier molecular flexibility index (Phi) is 5.31. The van der Waals surface area contributed by atoms with Crippen LogP contribution in [0, 0.1) is 5.92 Å². The van der Waals surface area contributed by atoms with Crippen LogP contribution in [0.15, 0.2) is 29.2 Å². The molecule has 1 saturated carbocycles. The highest BCUT2D eigenvalue weighted by atomic mass is 32.2. The van der Waals surface area contributed by atoms with Crippen LogP contribution in [0.5, 0.6) is 5.75 Å². The molecule has 1 atom stereocenters. The standard InChI is InChI=1S/C16H24N2O4S/c1-16(11-17,12-3-4-12)18-15(19)9-10-22-13-5-7-14(8-6-13)23(2,20)21/h5-8,12H,3-4,9-11,17H2,1-2H3,(H,18,19). The number of carbonyl (C=O) groups excluding carboxylic acids is 1. The van der Waals surface area contributed by atoms with E-state index in [4.69, 9.17) is 10.5 Å². The third-order valence-electron chi connectivity index (χ3n) is 4.18. The summed E-state index contributed by atoms with van der Waals surface area (Å²) < 4.78 is 28.2. The van der Waals surface area contributed by atoms with Crippen LogP contribution in [0.25, 0.3) is 0 Å². The van der Waals surface area contributed by atoms with Crippen molar-refractivity contribution in [2.75, 3.05) is 19.4 Å². The maximum absolute atomic E-state index is 12.0. The van der Waals surface area contributed by atoms with Gasteiger partial charge in [-0.3, -0.25) is 4.79 Å². The molecular formula is C16H24N2O4S. The van der Waals surface area contributed by atoms with Crippen molar-refractivity contribution in [2.24, 2.45) is 11.7 Å². The lowest BCUT2D eigenvalue weighted by Crippen LogP contribution is -2.53. The Balaban J connectivity index is 1.79. The molecule has 0 bridgehead atoms. The molecule has 6 nitrogen and oxygen atoms in total. The number of nitrogens with one attached hydrogen (secondary N) is 1. The van der Waals surface area contributed by atoms with Gasteiger partial charge in [0.2, 0.25) is 5.91 Å². The van der Waals surface area contributed by atoms with Crippen molar-refractivity contribution < 1.29 is 17.9 Å². The van der Waals surface area contributed by atoms with E-state index in [1.165, 1.54) is 12.1 Å². The molecule has 1 amide bonds. The lowest BCUT2D eigenvalue weighted by Gasteiger charge is -2.29. The zero-order valence-electron chi connectivity index (χ0n) is 13.5. The van der Waals surface area contributed by atoms with Gasteiger partial charge in [-0.05, 0) is 49.9 Å². The number of carbonyl (C=O) groups is 1.